The molecule has 2 heterocycles. The zero-order valence-corrected chi connectivity index (χ0v) is 18.0. The second kappa shape index (κ2) is 7.85. The van der Waals surface area contributed by atoms with Crippen LogP contribution in [0.2, 0.25) is 0 Å². The normalized spacial score (nSPS) is 18.1. The maximum absolute atomic E-state index is 12.9. The minimum absolute atomic E-state index is 0.000920. The van der Waals surface area contributed by atoms with Crippen molar-refractivity contribution in [2.45, 2.75) is 44.0 Å². The third kappa shape index (κ3) is 4.05. The average molecular weight is 430 g/mol. The summed E-state index contributed by atoms with van der Waals surface area (Å²) in [6.45, 7) is 4.44. The molecule has 0 saturated carbocycles. The average Bonchev–Trinajstić information content (AvgIpc) is 3.07. The molecular formula is C21H23N3O3S2. The van der Waals surface area contributed by atoms with Crippen molar-refractivity contribution in [2.24, 2.45) is 0 Å². The summed E-state index contributed by atoms with van der Waals surface area (Å²) in [5.41, 5.74) is 1.92. The second-order valence-corrected chi connectivity index (χ2v) is 10.5. The van der Waals surface area contributed by atoms with Crippen molar-refractivity contribution >= 4 is 43.2 Å². The van der Waals surface area contributed by atoms with E-state index >= 15 is 0 Å². The molecule has 152 valence electrons. The highest BCUT2D eigenvalue weighted by molar-refractivity contribution is 7.89. The molecule has 1 N–H and O–H groups in total. The number of nitrogens with one attached hydrogen (secondary N) is 1. The summed E-state index contributed by atoms with van der Waals surface area (Å²) in [5, 5.41) is 3.83. The molecule has 0 aliphatic carbocycles. The Morgan fingerprint density at radius 2 is 1.93 bits per heavy atom. The molecule has 1 aliphatic rings. The number of rotatable bonds is 4. The fourth-order valence-electron chi connectivity index (χ4n) is 3.67. The van der Waals surface area contributed by atoms with E-state index in [9.17, 15) is 13.2 Å². The number of carbonyl (C=O) groups excluding carboxylic acids is 1. The van der Waals surface area contributed by atoms with Crippen LogP contribution in [0.25, 0.3) is 10.2 Å². The number of hydrogen-bond acceptors (Lipinski definition) is 5. The first-order valence-electron chi connectivity index (χ1n) is 9.65. The zero-order valence-electron chi connectivity index (χ0n) is 16.4. The Labute approximate surface area is 174 Å². The summed E-state index contributed by atoms with van der Waals surface area (Å²) in [4.78, 5) is 17.2. The molecule has 29 heavy (non-hydrogen) atoms. The molecule has 2 aromatic carbocycles. The maximum Gasteiger partial charge on any atom is 0.255 e. The van der Waals surface area contributed by atoms with Crippen LogP contribution in [0.4, 0.5) is 5.69 Å². The molecule has 3 aromatic rings. The van der Waals surface area contributed by atoms with Crippen molar-refractivity contribution in [3.63, 3.8) is 0 Å². The predicted molar refractivity (Wildman–Crippen MR) is 116 cm³/mol. The molecular weight excluding hydrogens is 406 g/mol. The number of sulfonamides is 1. The zero-order chi connectivity index (χ0) is 20.6. The smallest absolute Gasteiger partial charge is 0.255 e. The van der Waals surface area contributed by atoms with E-state index in [1.54, 1.807) is 27.8 Å². The molecule has 0 bridgehead atoms. The van der Waals surface area contributed by atoms with Gasteiger partial charge in [-0.1, -0.05) is 6.42 Å². The third-order valence-corrected chi connectivity index (χ3v) is 8.20. The Bertz CT molecular complexity index is 1150. The van der Waals surface area contributed by atoms with E-state index in [1.165, 1.54) is 12.1 Å². The predicted octanol–water partition coefficient (Wildman–Crippen LogP) is 4.42. The quantitative estimate of drug-likeness (QED) is 0.666. The van der Waals surface area contributed by atoms with Crippen LogP contribution in [0, 0.1) is 6.92 Å². The van der Waals surface area contributed by atoms with Gasteiger partial charge in [0.15, 0.2) is 0 Å². The number of thiazole rings is 1. The van der Waals surface area contributed by atoms with Gasteiger partial charge >= 0.3 is 0 Å². The number of fused-ring (bicyclic) bond motifs is 1. The topological polar surface area (TPSA) is 79.4 Å². The lowest BCUT2D eigenvalue weighted by Crippen LogP contribution is -2.41. The van der Waals surface area contributed by atoms with Gasteiger partial charge in [-0.2, -0.15) is 4.31 Å². The van der Waals surface area contributed by atoms with Crippen molar-refractivity contribution in [1.82, 2.24) is 9.29 Å². The van der Waals surface area contributed by atoms with Crippen LogP contribution in [-0.2, 0) is 10.0 Å². The van der Waals surface area contributed by atoms with Gasteiger partial charge in [0.1, 0.15) is 0 Å². The molecule has 6 nitrogen and oxygen atoms in total. The molecule has 1 saturated heterocycles. The number of aromatic nitrogens is 1. The maximum atomic E-state index is 12.9. The van der Waals surface area contributed by atoms with Gasteiger partial charge in [-0.25, -0.2) is 13.4 Å². The molecule has 8 heteroatoms. The first-order chi connectivity index (χ1) is 13.8. The lowest BCUT2D eigenvalue weighted by atomic mass is 10.1. The van der Waals surface area contributed by atoms with E-state index < -0.39 is 10.0 Å². The van der Waals surface area contributed by atoms with Crippen LogP contribution < -0.4 is 5.32 Å². The molecule has 1 aliphatic heterocycles. The van der Waals surface area contributed by atoms with E-state index in [2.05, 4.69) is 10.3 Å². The SMILES string of the molecule is Cc1nc2cc(NC(=O)c3ccc(S(=O)(=O)N4CCCC[C@H]4C)cc3)ccc2s1. The number of amides is 1. The highest BCUT2D eigenvalue weighted by atomic mass is 32.2. The fourth-order valence-corrected chi connectivity index (χ4v) is 6.17. The molecule has 0 radical (unpaired) electrons. The minimum atomic E-state index is -3.54. The van der Waals surface area contributed by atoms with E-state index in [0.717, 1.165) is 34.5 Å². The number of piperidine rings is 1. The number of carbonyl (C=O) groups is 1. The van der Waals surface area contributed by atoms with Gasteiger partial charge in [0, 0.05) is 23.8 Å². The van der Waals surface area contributed by atoms with Crippen molar-refractivity contribution in [3.05, 3.63) is 53.0 Å². The lowest BCUT2D eigenvalue weighted by molar-refractivity contribution is 0.102. The molecule has 1 amide bonds. The molecule has 4 rings (SSSR count). The van der Waals surface area contributed by atoms with Crippen LogP contribution in [0.1, 0.15) is 41.6 Å². The van der Waals surface area contributed by atoms with Crippen molar-refractivity contribution in [2.75, 3.05) is 11.9 Å². The monoisotopic (exact) mass is 429 g/mol. The number of hydrogen-bond donors (Lipinski definition) is 1. The first-order valence-corrected chi connectivity index (χ1v) is 11.9. The number of nitrogens with zero attached hydrogens (tertiary/aromatic N) is 2. The van der Waals surface area contributed by atoms with Gasteiger partial charge in [-0.15, -0.1) is 11.3 Å². The third-order valence-electron chi connectivity index (χ3n) is 5.22. The van der Waals surface area contributed by atoms with E-state index in [-0.39, 0.29) is 16.8 Å². The Hall–Kier alpha value is -2.29. The van der Waals surface area contributed by atoms with Crippen molar-refractivity contribution < 1.29 is 13.2 Å². The van der Waals surface area contributed by atoms with Crippen molar-refractivity contribution in [1.29, 1.82) is 0 Å². The van der Waals surface area contributed by atoms with Gasteiger partial charge in [-0.3, -0.25) is 4.79 Å². The standard InChI is InChI=1S/C21H23N3O3S2/c1-14-5-3-4-12-24(14)29(26,27)18-9-6-16(7-10-18)21(25)23-17-8-11-20-19(13-17)22-15(2)28-20/h6-11,13-14H,3-5,12H2,1-2H3,(H,23,25)/t14-/m1/s1. The fraction of sp³-hybridized carbons (Fsp3) is 0.333. The molecule has 1 atom stereocenters. The molecule has 1 fully saturated rings. The van der Waals surface area contributed by atoms with Crippen LogP contribution >= 0.6 is 11.3 Å². The van der Waals surface area contributed by atoms with Crippen LogP contribution in [0.15, 0.2) is 47.4 Å². The minimum Gasteiger partial charge on any atom is -0.322 e. The summed E-state index contributed by atoms with van der Waals surface area (Å²) < 4.78 is 28.5. The second-order valence-electron chi connectivity index (χ2n) is 7.35. The first kappa shape index (κ1) is 20.0. The highest BCUT2D eigenvalue weighted by Crippen LogP contribution is 2.26. The Morgan fingerprint density at radius 1 is 1.17 bits per heavy atom. The number of aryl methyl sites for hydroxylation is 1. The Morgan fingerprint density at radius 3 is 2.66 bits per heavy atom. The van der Waals surface area contributed by atoms with Gasteiger partial charge in [0.05, 0.1) is 20.1 Å². The summed E-state index contributed by atoms with van der Waals surface area (Å²) in [5.74, 6) is -0.286. The van der Waals surface area contributed by atoms with Crippen LogP contribution in [0.3, 0.4) is 0 Å². The lowest BCUT2D eigenvalue weighted by Gasteiger charge is -2.32. The number of anilines is 1. The summed E-state index contributed by atoms with van der Waals surface area (Å²) in [7, 11) is -3.54. The summed E-state index contributed by atoms with van der Waals surface area (Å²) in [6, 6.07) is 11.8. The Balaban J connectivity index is 1.51. The summed E-state index contributed by atoms with van der Waals surface area (Å²) >= 11 is 1.61. The van der Waals surface area contributed by atoms with E-state index in [0.29, 0.717) is 17.8 Å². The molecule has 0 spiro atoms. The van der Waals surface area contributed by atoms with Gasteiger partial charge in [-0.05, 0) is 69.2 Å². The summed E-state index contributed by atoms with van der Waals surface area (Å²) in [6.07, 6.45) is 2.81. The molecule has 1 aromatic heterocycles. The van der Waals surface area contributed by atoms with E-state index in [4.69, 9.17) is 0 Å². The van der Waals surface area contributed by atoms with Crippen molar-refractivity contribution in [3.8, 4) is 0 Å². The highest BCUT2D eigenvalue weighted by Gasteiger charge is 2.30. The van der Waals surface area contributed by atoms with Gasteiger partial charge in [0.25, 0.3) is 5.91 Å². The largest absolute Gasteiger partial charge is 0.322 e. The Kier molecular flexibility index (Phi) is 5.42. The van der Waals surface area contributed by atoms with Crippen LogP contribution in [-0.4, -0.2) is 36.2 Å². The number of benzene rings is 2. The van der Waals surface area contributed by atoms with Crippen LogP contribution in [0.5, 0.6) is 0 Å². The van der Waals surface area contributed by atoms with Gasteiger partial charge in [0.2, 0.25) is 10.0 Å². The molecule has 0 unspecified atom stereocenters. The van der Waals surface area contributed by atoms with Gasteiger partial charge < -0.3 is 5.32 Å². The van der Waals surface area contributed by atoms with E-state index in [1.807, 2.05) is 32.0 Å².